The predicted molar refractivity (Wildman–Crippen MR) is 88.1 cm³/mol. The maximum Gasteiger partial charge on any atom is 0.184 e. The molecule has 0 aromatic heterocycles. The lowest BCUT2D eigenvalue weighted by molar-refractivity contribution is -0.230. The average molecular weight is 320 g/mol. The lowest BCUT2D eigenvalue weighted by Crippen LogP contribution is -2.44. The molecule has 128 valence electrons. The van der Waals surface area contributed by atoms with E-state index in [2.05, 4.69) is 13.8 Å². The predicted octanol–water partition coefficient (Wildman–Crippen LogP) is 3.57. The van der Waals surface area contributed by atoms with Crippen molar-refractivity contribution in [3.8, 4) is 0 Å². The summed E-state index contributed by atoms with van der Waals surface area (Å²) < 4.78 is 23.3. The molecule has 2 aliphatic rings. The molecular formula is C19H28O4. The summed E-state index contributed by atoms with van der Waals surface area (Å²) in [4.78, 5) is 0. The Bertz CT molecular complexity index is 436. The Balaban J connectivity index is 1.53. The SMILES string of the molecule is CCC1COC1COC(OCC1OCC1CC)c1ccccc1. The first kappa shape index (κ1) is 16.9. The first-order chi connectivity index (χ1) is 11.3. The van der Waals surface area contributed by atoms with Crippen LogP contribution in [0.15, 0.2) is 30.3 Å². The number of rotatable bonds is 9. The summed E-state index contributed by atoms with van der Waals surface area (Å²) in [6.07, 6.45) is 2.34. The molecule has 2 heterocycles. The smallest absolute Gasteiger partial charge is 0.184 e. The molecule has 3 rings (SSSR count). The van der Waals surface area contributed by atoms with Gasteiger partial charge in [-0.25, -0.2) is 0 Å². The van der Waals surface area contributed by atoms with Gasteiger partial charge in [-0.1, -0.05) is 44.2 Å². The van der Waals surface area contributed by atoms with Gasteiger partial charge in [0.05, 0.1) is 38.6 Å². The molecule has 2 aliphatic heterocycles. The summed E-state index contributed by atoms with van der Waals surface area (Å²) in [5.41, 5.74) is 1.05. The van der Waals surface area contributed by atoms with Gasteiger partial charge in [0, 0.05) is 17.4 Å². The van der Waals surface area contributed by atoms with E-state index in [0.717, 1.165) is 31.6 Å². The third-order valence-electron chi connectivity index (χ3n) is 5.04. The molecule has 23 heavy (non-hydrogen) atoms. The number of benzene rings is 1. The van der Waals surface area contributed by atoms with Crippen LogP contribution in [0.4, 0.5) is 0 Å². The number of ether oxygens (including phenoxy) is 4. The summed E-state index contributed by atoms with van der Waals surface area (Å²) in [6, 6.07) is 10.1. The molecule has 0 amide bonds. The van der Waals surface area contributed by atoms with Crippen molar-refractivity contribution in [2.45, 2.75) is 45.2 Å². The monoisotopic (exact) mass is 320 g/mol. The zero-order chi connectivity index (χ0) is 16.1. The third-order valence-corrected chi connectivity index (χ3v) is 5.04. The van der Waals surface area contributed by atoms with E-state index in [-0.39, 0.29) is 18.5 Å². The molecule has 4 atom stereocenters. The Hall–Kier alpha value is -0.940. The van der Waals surface area contributed by atoms with Gasteiger partial charge < -0.3 is 18.9 Å². The lowest BCUT2D eigenvalue weighted by Gasteiger charge is -2.38. The fraction of sp³-hybridized carbons (Fsp3) is 0.684. The highest BCUT2D eigenvalue weighted by Gasteiger charge is 2.33. The molecule has 4 unspecified atom stereocenters. The quantitative estimate of drug-likeness (QED) is 0.652. The van der Waals surface area contributed by atoms with E-state index in [1.54, 1.807) is 0 Å². The second kappa shape index (κ2) is 8.25. The van der Waals surface area contributed by atoms with Crippen LogP contribution < -0.4 is 0 Å². The normalized spacial score (nSPS) is 31.2. The number of hydrogen-bond acceptors (Lipinski definition) is 4. The summed E-state index contributed by atoms with van der Waals surface area (Å²) in [6.45, 7) is 7.28. The van der Waals surface area contributed by atoms with E-state index in [1.165, 1.54) is 0 Å². The zero-order valence-electron chi connectivity index (χ0n) is 14.1. The van der Waals surface area contributed by atoms with Crippen molar-refractivity contribution < 1.29 is 18.9 Å². The Morgan fingerprint density at radius 1 is 0.913 bits per heavy atom. The highest BCUT2D eigenvalue weighted by molar-refractivity contribution is 5.16. The number of hydrogen-bond donors (Lipinski definition) is 0. The van der Waals surface area contributed by atoms with Gasteiger partial charge in [-0.2, -0.15) is 0 Å². The zero-order valence-corrected chi connectivity index (χ0v) is 14.1. The summed E-state index contributed by atoms with van der Waals surface area (Å²) >= 11 is 0. The van der Waals surface area contributed by atoms with Crippen molar-refractivity contribution >= 4 is 0 Å². The van der Waals surface area contributed by atoms with Crippen molar-refractivity contribution in [3.05, 3.63) is 35.9 Å². The van der Waals surface area contributed by atoms with E-state index in [4.69, 9.17) is 18.9 Å². The van der Waals surface area contributed by atoms with Crippen LogP contribution in [0.5, 0.6) is 0 Å². The molecule has 1 aromatic carbocycles. The molecule has 0 aliphatic carbocycles. The second-order valence-corrected chi connectivity index (χ2v) is 6.49. The fourth-order valence-electron chi connectivity index (χ4n) is 3.08. The molecule has 1 aromatic rings. The second-order valence-electron chi connectivity index (χ2n) is 6.49. The lowest BCUT2D eigenvalue weighted by atomic mass is 9.96. The van der Waals surface area contributed by atoms with Crippen molar-refractivity contribution in [3.63, 3.8) is 0 Å². The minimum atomic E-state index is -0.348. The Labute approximate surface area is 139 Å². The van der Waals surface area contributed by atoms with Crippen LogP contribution >= 0.6 is 0 Å². The van der Waals surface area contributed by atoms with Gasteiger partial charge in [0.25, 0.3) is 0 Å². The summed E-state index contributed by atoms with van der Waals surface area (Å²) in [5, 5.41) is 0. The highest BCUT2D eigenvalue weighted by atomic mass is 16.7. The van der Waals surface area contributed by atoms with E-state index in [1.807, 2.05) is 30.3 Å². The standard InChI is InChI=1S/C19H28O4/c1-3-14-10-20-17(14)12-22-19(16-8-6-5-7-9-16)23-13-18-15(4-2)11-21-18/h5-9,14-15,17-19H,3-4,10-13H2,1-2H3. The Morgan fingerprint density at radius 2 is 1.43 bits per heavy atom. The Morgan fingerprint density at radius 3 is 1.83 bits per heavy atom. The molecular weight excluding hydrogens is 292 g/mol. The fourth-order valence-corrected chi connectivity index (χ4v) is 3.08. The van der Waals surface area contributed by atoms with Crippen LogP contribution in [-0.4, -0.2) is 38.6 Å². The van der Waals surface area contributed by atoms with Crippen LogP contribution in [0.25, 0.3) is 0 Å². The minimum absolute atomic E-state index is 0.207. The maximum absolute atomic E-state index is 6.05. The van der Waals surface area contributed by atoms with Crippen molar-refractivity contribution in [1.82, 2.24) is 0 Å². The Kier molecular flexibility index (Phi) is 6.06. The van der Waals surface area contributed by atoms with Crippen LogP contribution in [0.3, 0.4) is 0 Å². The molecule has 0 N–H and O–H groups in total. The minimum Gasteiger partial charge on any atom is -0.375 e. The van der Waals surface area contributed by atoms with E-state index >= 15 is 0 Å². The van der Waals surface area contributed by atoms with Gasteiger partial charge >= 0.3 is 0 Å². The molecule has 0 spiro atoms. The van der Waals surface area contributed by atoms with Gasteiger partial charge in [-0.3, -0.25) is 0 Å². The molecule has 4 nitrogen and oxygen atoms in total. The van der Waals surface area contributed by atoms with Crippen LogP contribution in [0.2, 0.25) is 0 Å². The molecule has 0 saturated carbocycles. The van der Waals surface area contributed by atoms with Gasteiger partial charge in [-0.15, -0.1) is 0 Å². The molecule has 0 bridgehead atoms. The molecule has 2 fully saturated rings. The van der Waals surface area contributed by atoms with Crippen molar-refractivity contribution in [1.29, 1.82) is 0 Å². The largest absolute Gasteiger partial charge is 0.375 e. The molecule has 0 radical (unpaired) electrons. The van der Waals surface area contributed by atoms with Crippen molar-refractivity contribution in [2.24, 2.45) is 11.8 Å². The topological polar surface area (TPSA) is 36.9 Å². The summed E-state index contributed by atoms with van der Waals surface area (Å²) in [7, 11) is 0. The van der Waals surface area contributed by atoms with Gasteiger partial charge in [0.2, 0.25) is 0 Å². The first-order valence-electron chi connectivity index (χ1n) is 8.83. The van der Waals surface area contributed by atoms with E-state index in [0.29, 0.717) is 25.0 Å². The molecule has 4 heteroatoms. The maximum atomic E-state index is 6.05. The summed E-state index contributed by atoms with van der Waals surface area (Å²) in [5.74, 6) is 1.23. The average Bonchev–Trinajstić information content (AvgIpc) is 2.53. The first-order valence-corrected chi connectivity index (χ1v) is 8.83. The van der Waals surface area contributed by atoms with E-state index < -0.39 is 0 Å². The van der Waals surface area contributed by atoms with Crippen LogP contribution in [0.1, 0.15) is 38.5 Å². The van der Waals surface area contributed by atoms with Crippen LogP contribution in [-0.2, 0) is 18.9 Å². The van der Waals surface area contributed by atoms with E-state index in [9.17, 15) is 0 Å². The van der Waals surface area contributed by atoms with Gasteiger partial charge in [0.1, 0.15) is 0 Å². The van der Waals surface area contributed by atoms with Gasteiger partial charge in [-0.05, 0) is 12.8 Å². The highest BCUT2D eigenvalue weighted by Crippen LogP contribution is 2.29. The molecule has 2 saturated heterocycles. The van der Waals surface area contributed by atoms with Gasteiger partial charge in [0.15, 0.2) is 6.29 Å². The van der Waals surface area contributed by atoms with Crippen LogP contribution in [0, 0.1) is 11.8 Å². The third kappa shape index (κ3) is 4.13. The van der Waals surface area contributed by atoms with Crippen molar-refractivity contribution in [2.75, 3.05) is 26.4 Å².